The Morgan fingerprint density at radius 3 is 2.89 bits per heavy atom. The van der Waals surface area contributed by atoms with Gasteiger partial charge < -0.3 is 20.5 Å². The van der Waals surface area contributed by atoms with Gasteiger partial charge in [-0.25, -0.2) is 0 Å². The number of hydrogen-bond acceptors (Lipinski definition) is 5. The van der Waals surface area contributed by atoms with Crippen molar-refractivity contribution in [2.45, 2.75) is 39.3 Å². The molecule has 5 nitrogen and oxygen atoms in total. The molecule has 5 heteroatoms. The predicted octanol–water partition coefficient (Wildman–Crippen LogP) is 1.66. The first kappa shape index (κ1) is 13.9. The number of aliphatic hydroxyl groups is 1. The summed E-state index contributed by atoms with van der Waals surface area (Å²) >= 11 is 0. The van der Waals surface area contributed by atoms with E-state index in [1.165, 1.54) is 0 Å². The zero-order valence-electron chi connectivity index (χ0n) is 11.8. The lowest BCUT2D eigenvalue weighted by atomic mass is 10.0. The van der Waals surface area contributed by atoms with E-state index in [0.29, 0.717) is 17.5 Å². The normalized spacial score (nSPS) is 23.1. The molecule has 1 aliphatic rings. The van der Waals surface area contributed by atoms with Gasteiger partial charge in [-0.1, -0.05) is 6.92 Å². The minimum Gasteiger partial charge on any atom is -0.473 e. The molecular weight excluding hydrogens is 242 g/mol. The highest BCUT2D eigenvalue weighted by molar-refractivity contribution is 5.55. The molecule has 0 radical (unpaired) electrons. The van der Waals surface area contributed by atoms with Crippen molar-refractivity contribution >= 4 is 11.5 Å². The number of hydrogen-bond donors (Lipinski definition) is 2. The van der Waals surface area contributed by atoms with Gasteiger partial charge in [0.05, 0.1) is 24.4 Å². The molecule has 1 fully saturated rings. The number of aliphatic hydroxyl groups excluding tert-OH is 1. The van der Waals surface area contributed by atoms with Crippen molar-refractivity contribution in [3.05, 3.63) is 12.1 Å². The first-order chi connectivity index (χ1) is 9.02. The van der Waals surface area contributed by atoms with E-state index in [1.807, 2.05) is 26.0 Å². The molecule has 2 atom stereocenters. The van der Waals surface area contributed by atoms with Crippen LogP contribution < -0.4 is 15.4 Å². The Morgan fingerprint density at radius 1 is 1.53 bits per heavy atom. The Hall–Kier alpha value is -1.49. The molecule has 0 aliphatic carbocycles. The fraction of sp³-hybridized carbons (Fsp3) is 0.643. The molecule has 0 spiro atoms. The van der Waals surface area contributed by atoms with E-state index in [9.17, 15) is 5.11 Å². The van der Waals surface area contributed by atoms with E-state index in [-0.39, 0.29) is 18.8 Å². The highest BCUT2D eigenvalue weighted by atomic mass is 16.5. The summed E-state index contributed by atoms with van der Waals surface area (Å²) in [4.78, 5) is 6.63. The summed E-state index contributed by atoms with van der Waals surface area (Å²) in [6.45, 7) is 7.10. The summed E-state index contributed by atoms with van der Waals surface area (Å²) < 4.78 is 5.62. The molecule has 1 aromatic rings. The standard InChI is InChI=1S/C14H23N3O2/c1-9(2)19-14-11(15)4-5-13(16-14)17-7-6-10(3)12(17)8-18/h4-5,9-10,12,18H,6-8,15H2,1-3H3. The van der Waals surface area contributed by atoms with Gasteiger partial charge in [0.25, 0.3) is 0 Å². The number of nitrogen functional groups attached to an aromatic ring is 1. The summed E-state index contributed by atoms with van der Waals surface area (Å²) in [6.07, 6.45) is 1.11. The second-order valence-electron chi connectivity index (χ2n) is 5.44. The lowest BCUT2D eigenvalue weighted by molar-refractivity contribution is 0.232. The van der Waals surface area contributed by atoms with Crippen molar-refractivity contribution in [3.8, 4) is 5.88 Å². The van der Waals surface area contributed by atoms with E-state index < -0.39 is 0 Å². The summed E-state index contributed by atoms with van der Waals surface area (Å²) in [5, 5.41) is 9.51. The molecule has 2 unspecified atom stereocenters. The van der Waals surface area contributed by atoms with E-state index in [1.54, 1.807) is 0 Å². The van der Waals surface area contributed by atoms with Crippen molar-refractivity contribution < 1.29 is 9.84 Å². The molecule has 0 bridgehead atoms. The van der Waals surface area contributed by atoms with Crippen LogP contribution in [0.4, 0.5) is 11.5 Å². The number of anilines is 2. The zero-order chi connectivity index (χ0) is 14.0. The van der Waals surface area contributed by atoms with Crippen LogP contribution in [0.3, 0.4) is 0 Å². The van der Waals surface area contributed by atoms with Crippen LogP contribution in [0.1, 0.15) is 27.2 Å². The molecule has 3 N–H and O–H groups in total. The first-order valence-corrected chi connectivity index (χ1v) is 6.83. The van der Waals surface area contributed by atoms with Gasteiger partial charge in [0.1, 0.15) is 5.82 Å². The van der Waals surface area contributed by atoms with Crippen LogP contribution in [0.25, 0.3) is 0 Å². The maximum atomic E-state index is 9.51. The fourth-order valence-electron chi connectivity index (χ4n) is 2.49. The van der Waals surface area contributed by atoms with Gasteiger partial charge >= 0.3 is 0 Å². The molecular formula is C14H23N3O2. The number of aromatic nitrogens is 1. The number of rotatable bonds is 4. The summed E-state index contributed by atoms with van der Waals surface area (Å²) in [7, 11) is 0. The summed E-state index contributed by atoms with van der Waals surface area (Å²) in [5.41, 5.74) is 6.42. The van der Waals surface area contributed by atoms with E-state index in [4.69, 9.17) is 10.5 Å². The Bertz CT molecular complexity index is 437. The predicted molar refractivity (Wildman–Crippen MR) is 76.4 cm³/mol. The zero-order valence-corrected chi connectivity index (χ0v) is 11.8. The maximum absolute atomic E-state index is 9.51. The Balaban J connectivity index is 2.25. The van der Waals surface area contributed by atoms with Crippen LogP contribution in [-0.2, 0) is 0 Å². The third-order valence-corrected chi connectivity index (χ3v) is 3.59. The van der Waals surface area contributed by atoms with Crippen molar-refractivity contribution in [3.63, 3.8) is 0 Å². The van der Waals surface area contributed by atoms with Gasteiger partial charge in [-0.3, -0.25) is 0 Å². The third kappa shape index (κ3) is 2.92. The first-order valence-electron chi connectivity index (χ1n) is 6.83. The quantitative estimate of drug-likeness (QED) is 0.866. The lowest BCUT2D eigenvalue weighted by Crippen LogP contribution is -2.35. The van der Waals surface area contributed by atoms with Crippen LogP contribution in [0.2, 0.25) is 0 Å². The van der Waals surface area contributed by atoms with Crippen LogP contribution in [0.5, 0.6) is 5.88 Å². The van der Waals surface area contributed by atoms with Crippen molar-refractivity contribution in [1.82, 2.24) is 4.98 Å². The average Bonchev–Trinajstić information content (AvgIpc) is 2.72. The third-order valence-electron chi connectivity index (χ3n) is 3.59. The molecule has 2 rings (SSSR count). The summed E-state index contributed by atoms with van der Waals surface area (Å²) in [6, 6.07) is 3.84. The minimum absolute atomic E-state index is 0.0381. The number of ether oxygens (including phenoxy) is 1. The van der Waals surface area contributed by atoms with Gasteiger partial charge in [-0.15, -0.1) is 0 Å². The molecule has 0 saturated carbocycles. The SMILES string of the molecule is CC(C)Oc1nc(N2CCC(C)C2CO)ccc1N. The summed E-state index contributed by atoms with van der Waals surface area (Å²) in [5.74, 6) is 1.77. The number of pyridine rings is 1. The fourth-order valence-corrected chi connectivity index (χ4v) is 2.49. The van der Waals surface area contributed by atoms with E-state index in [0.717, 1.165) is 18.8 Å². The molecule has 0 amide bonds. The van der Waals surface area contributed by atoms with Gasteiger partial charge in [-0.05, 0) is 38.3 Å². The van der Waals surface area contributed by atoms with Crippen LogP contribution in [0.15, 0.2) is 12.1 Å². The van der Waals surface area contributed by atoms with Crippen molar-refractivity contribution in [1.29, 1.82) is 0 Å². The Kier molecular flexibility index (Phi) is 4.14. The van der Waals surface area contributed by atoms with Crippen LogP contribution in [-0.4, -0.2) is 35.4 Å². The highest BCUT2D eigenvalue weighted by Gasteiger charge is 2.31. The van der Waals surface area contributed by atoms with Crippen LogP contribution in [0, 0.1) is 5.92 Å². The molecule has 19 heavy (non-hydrogen) atoms. The van der Waals surface area contributed by atoms with Gasteiger partial charge in [0.2, 0.25) is 5.88 Å². The largest absolute Gasteiger partial charge is 0.473 e. The average molecular weight is 265 g/mol. The highest BCUT2D eigenvalue weighted by Crippen LogP contribution is 2.31. The number of nitrogens with zero attached hydrogens (tertiary/aromatic N) is 2. The van der Waals surface area contributed by atoms with Crippen molar-refractivity contribution in [2.24, 2.45) is 5.92 Å². The number of nitrogens with two attached hydrogens (primary N) is 1. The van der Waals surface area contributed by atoms with Crippen molar-refractivity contribution in [2.75, 3.05) is 23.8 Å². The smallest absolute Gasteiger partial charge is 0.239 e. The molecule has 1 aliphatic heterocycles. The van der Waals surface area contributed by atoms with Gasteiger partial charge in [0.15, 0.2) is 0 Å². The van der Waals surface area contributed by atoms with Crippen LogP contribution >= 0.6 is 0 Å². The molecule has 0 aromatic carbocycles. The Labute approximate surface area is 114 Å². The minimum atomic E-state index is 0.0381. The van der Waals surface area contributed by atoms with E-state index in [2.05, 4.69) is 16.8 Å². The lowest BCUT2D eigenvalue weighted by Gasteiger charge is -2.26. The second kappa shape index (κ2) is 5.65. The topological polar surface area (TPSA) is 71.6 Å². The molecule has 1 aromatic heterocycles. The van der Waals surface area contributed by atoms with E-state index >= 15 is 0 Å². The molecule has 106 valence electrons. The monoisotopic (exact) mass is 265 g/mol. The van der Waals surface area contributed by atoms with Gasteiger partial charge in [-0.2, -0.15) is 4.98 Å². The Morgan fingerprint density at radius 2 is 2.26 bits per heavy atom. The van der Waals surface area contributed by atoms with Gasteiger partial charge in [0, 0.05) is 6.54 Å². The molecule has 2 heterocycles. The second-order valence-corrected chi connectivity index (χ2v) is 5.44. The molecule has 1 saturated heterocycles. The maximum Gasteiger partial charge on any atom is 0.239 e.